The van der Waals surface area contributed by atoms with Crippen molar-refractivity contribution < 1.29 is 29.0 Å². The molecule has 0 aromatic carbocycles. The number of hydrogen-bond acceptors (Lipinski definition) is 6. The molecular formula is C47H56MgN4O6-2. The van der Waals surface area contributed by atoms with Crippen LogP contribution in [0.5, 0.6) is 0 Å². The van der Waals surface area contributed by atoms with E-state index >= 15 is 0 Å². The third kappa shape index (κ3) is 8.62. The van der Waals surface area contributed by atoms with Gasteiger partial charge < -0.3 is 34.8 Å². The molecule has 3 aromatic rings. The molecule has 5 atom stereocenters. The number of aromatic nitrogens is 3. The molecule has 58 heavy (non-hydrogen) atoms. The number of aliphatic hydroxyl groups is 1. The number of allylic oxidation sites excluding steroid dienone is 2. The van der Waals surface area contributed by atoms with Crippen LogP contribution in [0.1, 0.15) is 129 Å². The molecule has 304 valence electrons. The first-order chi connectivity index (χ1) is 27.4. The molecule has 0 radical (unpaired) electrons. The van der Waals surface area contributed by atoms with Crippen molar-refractivity contribution in [3.63, 3.8) is 0 Å². The molecule has 10 nitrogen and oxygen atoms in total. The first kappa shape index (κ1) is 44.6. The molecule has 0 saturated carbocycles. The molecule has 2 aliphatic heterocycles. The number of methoxy groups -OCH3 is 1. The number of fused-ring (bicyclic) bond motifs is 8. The van der Waals surface area contributed by atoms with Gasteiger partial charge in [-0.05, 0) is 81.1 Å². The Balaban J connectivity index is 0.00000641. The summed E-state index contributed by atoms with van der Waals surface area (Å²) in [6, 6.07) is -0.647. The fourth-order valence-corrected chi connectivity index (χ4v) is 8.95. The smallest absolute Gasteiger partial charge is 0.681 e. The first-order valence-electron chi connectivity index (χ1n) is 20.4. The van der Waals surface area contributed by atoms with Gasteiger partial charge in [0.2, 0.25) is 0 Å². The summed E-state index contributed by atoms with van der Waals surface area (Å²) in [6.07, 6.45) is 17.3. The molecule has 3 aromatic heterocycles. The third-order valence-corrected chi connectivity index (χ3v) is 12.3. The van der Waals surface area contributed by atoms with E-state index in [4.69, 9.17) is 29.7 Å². The van der Waals surface area contributed by atoms with Crippen LogP contribution < -0.4 is 36.2 Å². The molecule has 1 N–H and O–H groups in total. The zero-order valence-electron chi connectivity index (χ0n) is 35.4. The summed E-state index contributed by atoms with van der Waals surface area (Å²) in [5.74, 6) is -2.31. The zero-order valence-corrected chi connectivity index (χ0v) is 36.8. The standard InChI is InChI=1S/C47H56N4O6.Mg/c1-10-14-25(4)15-13-16-26(5)19-20-57-40(53)18-17-32-28(7)35-21-34-27(6)30(11-2)37(48-34)23-39-33(24-52)31(12-3)38(49-39)22-36-29(8)41-45(51-36)42(44(32)50-35)43(46(41)54)47(55)56-9;/h11,19,21-25,28,32,43-44H,2,10,12-18,20H2,1,3-9H3,(H,52,54);/q-4;+2/b26-19-,35-21-,39-23-;/t25-,28+,32+,43-,44?;/m1./s1. The molecule has 5 heterocycles. The normalized spacial score (nSPS) is 22.5. The number of ketones is 1. The predicted octanol–water partition coefficient (Wildman–Crippen LogP) is 5.33. The summed E-state index contributed by atoms with van der Waals surface area (Å²) >= 11 is 0. The summed E-state index contributed by atoms with van der Waals surface area (Å²) in [7, 11) is 1.28. The summed E-state index contributed by atoms with van der Waals surface area (Å²) < 4.78 is 10.9. The number of hydrogen-bond donors (Lipinski definition) is 1. The molecule has 11 heteroatoms. The van der Waals surface area contributed by atoms with E-state index in [0.29, 0.717) is 67.9 Å². The number of carbonyl (C=O) groups is 3. The fraction of sp³-hybridized carbons (Fsp3) is 0.468. The fourth-order valence-electron chi connectivity index (χ4n) is 8.95. The summed E-state index contributed by atoms with van der Waals surface area (Å²) in [4.78, 5) is 56.1. The largest absolute Gasteiger partial charge is 2.00 e. The van der Waals surface area contributed by atoms with Crippen LogP contribution in [0, 0.1) is 37.5 Å². The first-order valence-corrected chi connectivity index (χ1v) is 20.4. The molecule has 6 rings (SSSR count). The molecule has 1 saturated heterocycles. The van der Waals surface area contributed by atoms with E-state index in [9.17, 15) is 19.5 Å². The van der Waals surface area contributed by atoms with E-state index in [1.54, 1.807) is 6.08 Å². The Bertz CT molecular complexity index is 2390. The number of Topliss-reactive ketones (excluding diaryl/α,β-unsaturated/α-hetero) is 1. The van der Waals surface area contributed by atoms with Gasteiger partial charge in [0.15, 0.2) is 5.78 Å². The third-order valence-electron chi connectivity index (χ3n) is 12.3. The van der Waals surface area contributed by atoms with Gasteiger partial charge in [0, 0.05) is 12.0 Å². The van der Waals surface area contributed by atoms with Crippen LogP contribution in [0.3, 0.4) is 0 Å². The quantitative estimate of drug-likeness (QED) is 0.0991. The minimum Gasteiger partial charge on any atom is -0.681 e. The van der Waals surface area contributed by atoms with Crippen molar-refractivity contribution in [2.24, 2.45) is 23.7 Å². The van der Waals surface area contributed by atoms with Crippen molar-refractivity contribution in [3.8, 4) is 0 Å². The van der Waals surface area contributed by atoms with Gasteiger partial charge >= 0.3 is 35.0 Å². The van der Waals surface area contributed by atoms with Crippen LogP contribution in [-0.4, -0.2) is 65.6 Å². The van der Waals surface area contributed by atoms with E-state index in [1.165, 1.54) is 31.9 Å². The molecule has 1 unspecified atom stereocenters. The molecule has 0 amide bonds. The number of esters is 2. The second-order valence-electron chi connectivity index (χ2n) is 15.9. The van der Waals surface area contributed by atoms with Gasteiger partial charge in [0.25, 0.3) is 0 Å². The molecule has 1 aliphatic carbocycles. The zero-order chi connectivity index (χ0) is 41.1. The Morgan fingerprint density at radius 3 is 2.41 bits per heavy atom. The molecule has 8 bridgehead atoms. The van der Waals surface area contributed by atoms with E-state index < -0.39 is 17.9 Å². The number of carbonyl (C=O) groups excluding carboxylic acids is 3. The van der Waals surface area contributed by atoms with Crippen LogP contribution in [0.15, 0.2) is 23.9 Å². The second kappa shape index (κ2) is 19.1. The van der Waals surface area contributed by atoms with E-state index in [1.807, 2.05) is 45.1 Å². The molecule has 3 aliphatic rings. The van der Waals surface area contributed by atoms with Gasteiger partial charge in [0.05, 0.1) is 13.4 Å². The van der Waals surface area contributed by atoms with Crippen LogP contribution in [0.4, 0.5) is 0 Å². The number of aliphatic hydroxyl groups excluding tert-OH is 1. The van der Waals surface area contributed by atoms with Gasteiger partial charge in [-0.25, -0.2) is 0 Å². The van der Waals surface area contributed by atoms with Gasteiger partial charge in [-0.1, -0.05) is 112 Å². The maximum absolute atomic E-state index is 14.3. The second-order valence-corrected chi connectivity index (χ2v) is 15.9. The minimum atomic E-state index is -1.22. The molecular weight excluding hydrogens is 741 g/mol. The maximum atomic E-state index is 14.3. The van der Waals surface area contributed by atoms with Crippen molar-refractivity contribution in [1.29, 1.82) is 0 Å². The van der Waals surface area contributed by atoms with E-state index in [0.717, 1.165) is 47.4 Å². The van der Waals surface area contributed by atoms with Crippen molar-refractivity contribution in [3.05, 3.63) is 95.4 Å². The Kier molecular flexibility index (Phi) is 14.7. The van der Waals surface area contributed by atoms with E-state index in [2.05, 4.69) is 34.3 Å². The number of rotatable bonds is 14. The Hall–Kier alpha value is -4.48. The van der Waals surface area contributed by atoms with Crippen LogP contribution in [-0.2, 0) is 25.5 Å². The van der Waals surface area contributed by atoms with Crippen molar-refractivity contribution in [2.75, 3.05) is 13.7 Å². The number of ether oxygens (including phenoxy) is 2. The maximum Gasteiger partial charge on any atom is 2.00 e. The average Bonchev–Trinajstić information content (AvgIpc) is 3.94. The Morgan fingerprint density at radius 1 is 1.00 bits per heavy atom. The van der Waals surface area contributed by atoms with Gasteiger partial charge in [-0.15, -0.1) is 33.1 Å². The summed E-state index contributed by atoms with van der Waals surface area (Å²) in [6.45, 7) is 18.7. The van der Waals surface area contributed by atoms with Crippen LogP contribution in [0.2, 0.25) is 0 Å². The average molecular weight is 797 g/mol. The van der Waals surface area contributed by atoms with Gasteiger partial charge in [0.1, 0.15) is 12.5 Å². The van der Waals surface area contributed by atoms with Crippen LogP contribution >= 0.6 is 0 Å². The topological polar surface area (TPSA) is 146 Å². The Morgan fingerprint density at radius 2 is 1.74 bits per heavy atom. The Labute approximate surface area is 357 Å². The van der Waals surface area contributed by atoms with Gasteiger partial charge in [-0.2, -0.15) is 5.70 Å². The van der Waals surface area contributed by atoms with Crippen molar-refractivity contribution in [1.82, 2.24) is 15.0 Å². The minimum absolute atomic E-state index is 0. The summed E-state index contributed by atoms with van der Waals surface area (Å²) in [5.41, 5.74) is 7.95. The van der Waals surface area contributed by atoms with Gasteiger partial charge in [-0.3, -0.25) is 14.4 Å². The predicted molar refractivity (Wildman–Crippen MR) is 230 cm³/mol. The number of nitrogens with zero attached hydrogens (tertiary/aromatic N) is 4. The SMILES string of the molecule is C=Cc1c2[n-]c(c1C)/C=C1\[N-]C(C3=c4[n-]/c(c(C)c4C(=O)[C@@H]3C(=O)OC)=C\c3[n-]c(/c(=C\O)c3CC)=C\2)[C@@H](CCC(=O)OC/C=C(/C)CCC[C@H](C)CCC)[C@@H]1C.[Mg+2]. The summed E-state index contributed by atoms with van der Waals surface area (Å²) in [5, 5.41) is 17.8. The monoisotopic (exact) mass is 796 g/mol. The van der Waals surface area contributed by atoms with E-state index in [-0.39, 0.29) is 59.7 Å². The molecule has 0 spiro atoms. The van der Waals surface area contributed by atoms with Crippen molar-refractivity contribution >= 4 is 76.9 Å². The van der Waals surface area contributed by atoms with Crippen molar-refractivity contribution in [2.45, 2.75) is 106 Å². The molecule has 1 fully saturated rings. The van der Waals surface area contributed by atoms with Crippen LogP contribution in [0.25, 0.3) is 41.5 Å².